The Morgan fingerprint density at radius 3 is 2.65 bits per heavy atom. The Kier molecular flexibility index (Phi) is 5.74. The molecule has 0 bridgehead atoms. The highest BCUT2D eigenvalue weighted by Gasteiger charge is 2.12. The number of aryl methyl sites for hydroxylation is 1. The second-order valence-corrected chi connectivity index (χ2v) is 5.84. The summed E-state index contributed by atoms with van der Waals surface area (Å²) in [5.41, 5.74) is 2.72. The van der Waals surface area contributed by atoms with Crippen LogP contribution in [0.1, 0.15) is 28.4 Å². The van der Waals surface area contributed by atoms with Crippen molar-refractivity contribution in [3.63, 3.8) is 0 Å². The van der Waals surface area contributed by atoms with Crippen LogP contribution in [0.25, 0.3) is 0 Å². The number of nitrogens with one attached hydrogen (secondary N) is 1. The SMILES string of the molecule is CCOc1c(Cl)cc(Cl)cc1CNc1cc(C(=O)O)ccc1C. The van der Waals surface area contributed by atoms with Crippen molar-refractivity contribution in [2.24, 2.45) is 0 Å². The predicted octanol–water partition coefficient (Wildman–Crippen LogP) is 5.01. The van der Waals surface area contributed by atoms with Gasteiger partial charge in [0.15, 0.2) is 0 Å². The molecule has 0 aliphatic rings. The fourth-order valence-electron chi connectivity index (χ4n) is 2.19. The van der Waals surface area contributed by atoms with Crippen LogP contribution in [0.2, 0.25) is 10.0 Å². The summed E-state index contributed by atoms with van der Waals surface area (Å²) in [7, 11) is 0. The molecule has 2 aromatic carbocycles. The van der Waals surface area contributed by atoms with E-state index in [0.29, 0.717) is 28.9 Å². The Morgan fingerprint density at radius 2 is 2.00 bits per heavy atom. The highest BCUT2D eigenvalue weighted by atomic mass is 35.5. The van der Waals surface area contributed by atoms with Crippen molar-refractivity contribution < 1.29 is 14.6 Å². The summed E-state index contributed by atoms with van der Waals surface area (Å²) in [5, 5.41) is 13.3. The number of halogens is 2. The first kappa shape index (κ1) is 17.4. The van der Waals surface area contributed by atoms with Crippen molar-refractivity contribution in [1.29, 1.82) is 0 Å². The Bertz CT molecular complexity index is 732. The van der Waals surface area contributed by atoms with Crippen LogP contribution in [0.4, 0.5) is 5.69 Å². The monoisotopic (exact) mass is 353 g/mol. The van der Waals surface area contributed by atoms with E-state index >= 15 is 0 Å². The second-order valence-electron chi connectivity index (χ2n) is 5.00. The first-order valence-electron chi connectivity index (χ1n) is 7.11. The molecule has 2 aromatic rings. The molecular weight excluding hydrogens is 337 g/mol. The number of ether oxygens (including phenoxy) is 1. The molecule has 23 heavy (non-hydrogen) atoms. The maximum absolute atomic E-state index is 11.1. The fourth-order valence-corrected chi connectivity index (χ4v) is 2.78. The lowest BCUT2D eigenvalue weighted by atomic mass is 10.1. The topological polar surface area (TPSA) is 58.6 Å². The standard InChI is InChI=1S/C17H17Cl2NO3/c1-3-23-16-12(6-13(18)8-14(16)19)9-20-15-7-11(17(21)22)5-4-10(15)2/h4-8,20H,3,9H2,1-2H3,(H,21,22). The van der Waals surface area contributed by atoms with Gasteiger partial charge in [0.25, 0.3) is 0 Å². The van der Waals surface area contributed by atoms with E-state index < -0.39 is 5.97 Å². The van der Waals surface area contributed by atoms with E-state index in [9.17, 15) is 4.79 Å². The average molecular weight is 354 g/mol. The minimum Gasteiger partial charge on any atom is -0.492 e. The second kappa shape index (κ2) is 7.57. The first-order chi connectivity index (χ1) is 10.9. The Labute approximate surface area is 145 Å². The maximum Gasteiger partial charge on any atom is 0.335 e. The summed E-state index contributed by atoms with van der Waals surface area (Å²) in [4.78, 5) is 11.1. The molecule has 0 saturated carbocycles. The van der Waals surface area contributed by atoms with E-state index in [4.69, 9.17) is 33.0 Å². The number of benzene rings is 2. The lowest BCUT2D eigenvalue weighted by Gasteiger charge is -2.15. The van der Waals surface area contributed by atoms with E-state index in [1.54, 1.807) is 30.3 Å². The summed E-state index contributed by atoms with van der Waals surface area (Å²) in [6.07, 6.45) is 0. The van der Waals surface area contributed by atoms with Gasteiger partial charge in [-0.15, -0.1) is 0 Å². The average Bonchev–Trinajstić information content (AvgIpc) is 2.49. The smallest absolute Gasteiger partial charge is 0.335 e. The Morgan fingerprint density at radius 1 is 1.26 bits per heavy atom. The number of carboxylic acids is 1. The highest BCUT2D eigenvalue weighted by molar-refractivity contribution is 6.35. The molecule has 0 aliphatic carbocycles. The third-order valence-corrected chi connectivity index (χ3v) is 3.83. The van der Waals surface area contributed by atoms with E-state index in [1.807, 2.05) is 13.8 Å². The first-order valence-corrected chi connectivity index (χ1v) is 7.86. The van der Waals surface area contributed by atoms with Crippen LogP contribution in [0.3, 0.4) is 0 Å². The van der Waals surface area contributed by atoms with Gasteiger partial charge in [-0.25, -0.2) is 4.79 Å². The van der Waals surface area contributed by atoms with Crippen molar-refractivity contribution in [1.82, 2.24) is 0 Å². The zero-order valence-electron chi connectivity index (χ0n) is 12.8. The van der Waals surface area contributed by atoms with Gasteiger partial charge in [0, 0.05) is 22.8 Å². The molecule has 0 fully saturated rings. The Hall–Kier alpha value is -1.91. The van der Waals surface area contributed by atoms with Gasteiger partial charge < -0.3 is 15.2 Å². The molecule has 0 heterocycles. The number of aromatic carboxylic acids is 1. The van der Waals surface area contributed by atoms with Gasteiger partial charge >= 0.3 is 5.97 Å². The summed E-state index contributed by atoms with van der Waals surface area (Å²) < 4.78 is 5.58. The van der Waals surface area contributed by atoms with Gasteiger partial charge in [-0.2, -0.15) is 0 Å². The van der Waals surface area contributed by atoms with Crippen LogP contribution in [0.15, 0.2) is 30.3 Å². The number of anilines is 1. The fraction of sp³-hybridized carbons (Fsp3) is 0.235. The van der Waals surface area contributed by atoms with Gasteiger partial charge in [0.1, 0.15) is 5.75 Å². The van der Waals surface area contributed by atoms with Crippen molar-refractivity contribution in [2.75, 3.05) is 11.9 Å². The van der Waals surface area contributed by atoms with Gasteiger partial charge in [-0.05, 0) is 43.7 Å². The predicted molar refractivity (Wildman–Crippen MR) is 93.1 cm³/mol. The molecule has 6 heteroatoms. The number of hydrogen-bond donors (Lipinski definition) is 2. The number of hydrogen-bond acceptors (Lipinski definition) is 3. The molecule has 0 aliphatic heterocycles. The minimum absolute atomic E-state index is 0.229. The minimum atomic E-state index is -0.964. The zero-order chi connectivity index (χ0) is 17.0. The molecule has 4 nitrogen and oxygen atoms in total. The Balaban J connectivity index is 2.27. The third kappa shape index (κ3) is 4.30. The zero-order valence-corrected chi connectivity index (χ0v) is 14.3. The molecule has 0 unspecified atom stereocenters. The lowest BCUT2D eigenvalue weighted by Crippen LogP contribution is -2.06. The molecular formula is C17H17Cl2NO3. The highest BCUT2D eigenvalue weighted by Crippen LogP contribution is 2.33. The van der Waals surface area contributed by atoms with E-state index in [2.05, 4.69) is 5.32 Å². The summed E-state index contributed by atoms with van der Waals surface area (Å²) >= 11 is 12.2. The molecule has 122 valence electrons. The van der Waals surface area contributed by atoms with Crippen molar-refractivity contribution in [2.45, 2.75) is 20.4 Å². The van der Waals surface area contributed by atoms with Gasteiger partial charge in [-0.1, -0.05) is 29.3 Å². The van der Waals surface area contributed by atoms with Gasteiger partial charge in [0.05, 0.1) is 17.2 Å². The van der Waals surface area contributed by atoms with Crippen LogP contribution < -0.4 is 10.1 Å². The van der Waals surface area contributed by atoms with Crippen LogP contribution in [0.5, 0.6) is 5.75 Å². The molecule has 0 aromatic heterocycles. The van der Waals surface area contributed by atoms with E-state index in [-0.39, 0.29) is 5.56 Å². The molecule has 0 atom stereocenters. The van der Waals surface area contributed by atoms with Gasteiger partial charge in [-0.3, -0.25) is 0 Å². The summed E-state index contributed by atoms with van der Waals surface area (Å²) in [5.74, 6) is -0.382. The van der Waals surface area contributed by atoms with E-state index in [1.165, 1.54) is 0 Å². The van der Waals surface area contributed by atoms with Crippen LogP contribution in [-0.2, 0) is 6.54 Å². The normalized spacial score (nSPS) is 10.4. The van der Waals surface area contributed by atoms with Crippen LogP contribution in [0, 0.1) is 6.92 Å². The van der Waals surface area contributed by atoms with E-state index in [0.717, 1.165) is 16.8 Å². The van der Waals surface area contributed by atoms with Crippen molar-refractivity contribution >= 4 is 34.9 Å². The third-order valence-electron chi connectivity index (χ3n) is 3.33. The number of carbonyl (C=O) groups is 1. The summed E-state index contributed by atoms with van der Waals surface area (Å²) in [6.45, 7) is 4.69. The molecule has 2 N–H and O–H groups in total. The van der Waals surface area contributed by atoms with Crippen molar-refractivity contribution in [3.05, 3.63) is 57.1 Å². The largest absolute Gasteiger partial charge is 0.492 e. The quantitative estimate of drug-likeness (QED) is 0.766. The molecule has 0 spiro atoms. The molecule has 0 amide bonds. The summed E-state index contributed by atoms with van der Waals surface area (Å²) in [6, 6.07) is 8.35. The van der Waals surface area contributed by atoms with Crippen LogP contribution >= 0.6 is 23.2 Å². The number of rotatable bonds is 6. The van der Waals surface area contributed by atoms with Crippen LogP contribution in [-0.4, -0.2) is 17.7 Å². The van der Waals surface area contributed by atoms with Gasteiger partial charge in [0.2, 0.25) is 0 Å². The molecule has 0 saturated heterocycles. The molecule has 0 radical (unpaired) electrons. The maximum atomic E-state index is 11.1. The molecule has 2 rings (SSSR count). The van der Waals surface area contributed by atoms with Crippen molar-refractivity contribution in [3.8, 4) is 5.75 Å². The lowest BCUT2D eigenvalue weighted by molar-refractivity contribution is 0.0697. The number of carboxylic acid groups (broad SMARTS) is 1.